The van der Waals surface area contributed by atoms with Gasteiger partial charge in [0.1, 0.15) is 0 Å². The highest BCUT2D eigenvalue weighted by molar-refractivity contribution is 6.11. The summed E-state index contributed by atoms with van der Waals surface area (Å²) in [4.78, 5) is 24.8. The van der Waals surface area contributed by atoms with Gasteiger partial charge in [-0.3, -0.25) is 9.59 Å². The van der Waals surface area contributed by atoms with E-state index in [1.165, 1.54) is 6.26 Å². The molecule has 2 N–H and O–H groups in total. The molecule has 0 aliphatic rings. The third-order valence-electron chi connectivity index (χ3n) is 3.93. The van der Waals surface area contributed by atoms with Crippen LogP contribution in [0.3, 0.4) is 0 Å². The fourth-order valence-electron chi connectivity index (χ4n) is 2.40. The van der Waals surface area contributed by atoms with Crippen LogP contribution in [0.25, 0.3) is 0 Å². The SMILES string of the molecule is Cc1ccc(NC(=O)c2ccccc2NC(=O)c2ccco2)cc1C. The Labute approximate surface area is 145 Å². The molecule has 1 aromatic heterocycles. The Bertz CT molecular complexity index is 914. The van der Waals surface area contributed by atoms with E-state index in [-0.39, 0.29) is 11.7 Å². The number of aryl methyl sites for hydroxylation is 2. The smallest absolute Gasteiger partial charge is 0.291 e. The maximum Gasteiger partial charge on any atom is 0.291 e. The maximum absolute atomic E-state index is 12.6. The van der Waals surface area contributed by atoms with Gasteiger partial charge in [-0.2, -0.15) is 0 Å². The zero-order chi connectivity index (χ0) is 17.8. The summed E-state index contributed by atoms with van der Waals surface area (Å²) in [6.45, 7) is 4.00. The largest absolute Gasteiger partial charge is 0.459 e. The summed E-state index contributed by atoms with van der Waals surface area (Å²) in [6, 6.07) is 15.8. The number of rotatable bonds is 4. The maximum atomic E-state index is 12.6. The third kappa shape index (κ3) is 3.77. The van der Waals surface area contributed by atoms with Crippen molar-refractivity contribution in [2.24, 2.45) is 0 Å². The van der Waals surface area contributed by atoms with Gasteiger partial charge in [-0.15, -0.1) is 0 Å². The van der Waals surface area contributed by atoms with E-state index in [4.69, 9.17) is 4.42 Å². The lowest BCUT2D eigenvalue weighted by atomic mass is 10.1. The first-order chi connectivity index (χ1) is 12.0. The van der Waals surface area contributed by atoms with Crippen LogP contribution in [0.15, 0.2) is 65.3 Å². The summed E-state index contributed by atoms with van der Waals surface area (Å²) in [5.74, 6) is -0.514. The number of para-hydroxylation sites is 1. The standard InChI is InChI=1S/C20H18N2O3/c1-13-9-10-15(12-14(13)2)21-19(23)16-6-3-4-7-17(16)22-20(24)18-8-5-11-25-18/h3-12H,1-2H3,(H,21,23)(H,22,24). The monoisotopic (exact) mass is 334 g/mol. The third-order valence-corrected chi connectivity index (χ3v) is 3.93. The number of furan rings is 1. The number of hydrogen-bond donors (Lipinski definition) is 2. The average Bonchev–Trinajstić information content (AvgIpc) is 3.13. The van der Waals surface area contributed by atoms with Crippen LogP contribution in [0.4, 0.5) is 11.4 Å². The lowest BCUT2D eigenvalue weighted by Crippen LogP contribution is -2.18. The second kappa shape index (κ2) is 7.05. The molecule has 3 aromatic rings. The molecule has 0 bridgehead atoms. The van der Waals surface area contributed by atoms with Crippen molar-refractivity contribution in [1.82, 2.24) is 0 Å². The molecular weight excluding hydrogens is 316 g/mol. The summed E-state index contributed by atoms with van der Waals surface area (Å²) in [7, 11) is 0. The van der Waals surface area contributed by atoms with Gasteiger partial charge in [0.15, 0.2) is 5.76 Å². The highest BCUT2D eigenvalue weighted by Gasteiger charge is 2.15. The van der Waals surface area contributed by atoms with Crippen LogP contribution in [0.1, 0.15) is 32.0 Å². The Hall–Kier alpha value is -3.34. The van der Waals surface area contributed by atoms with Crippen LogP contribution in [0.2, 0.25) is 0 Å². The number of carbonyl (C=O) groups is 2. The molecule has 0 atom stereocenters. The Morgan fingerprint density at radius 2 is 1.64 bits per heavy atom. The quantitative estimate of drug-likeness (QED) is 0.743. The van der Waals surface area contributed by atoms with E-state index >= 15 is 0 Å². The van der Waals surface area contributed by atoms with Crippen LogP contribution in [0, 0.1) is 13.8 Å². The van der Waals surface area contributed by atoms with Gasteiger partial charge < -0.3 is 15.1 Å². The van der Waals surface area contributed by atoms with Gasteiger partial charge >= 0.3 is 0 Å². The minimum Gasteiger partial charge on any atom is -0.459 e. The van der Waals surface area contributed by atoms with Gasteiger partial charge in [-0.1, -0.05) is 18.2 Å². The Morgan fingerprint density at radius 1 is 0.840 bits per heavy atom. The molecule has 25 heavy (non-hydrogen) atoms. The summed E-state index contributed by atoms with van der Waals surface area (Å²) in [5.41, 5.74) is 3.76. The summed E-state index contributed by atoms with van der Waals surface area (Å²) in [5, 5.41) is 5.57. The van der Waals surface area contributed by atoms with Gasteiger partial charge in [-0.25, -0.2) is 0 Å². The van der Waals surface area contributed by atoms with E-state index in [9.17, 15) is 9.59 Å². The van der Waals surface area contributed by atoms with Crippen molar-refractivity contribution in [3.05, 3.63) is 83.3 Å². The fourth-order valence-corrected chi connectivity index (χ4v) is 2.40. The molecule has 0 aliphatic carbocycles. The summed E-state index contributed by atoms with van der Waals surface area (Å²) >= 11 is 0. The molecule has 126 valence electrons. The summed E-state index contributed by atoms with van der Waals surface area (Å²) < 4.78 is 5.08. The highest BCUT2D eigenvalue weighted by atomic mass is 16.3. The van der Waals surface area contributed by atoms with E-state index in [1.807, 2.05) is 32.0 Å². The molecule has 0 spiro atoms. The van der Waals surface area contributed by atoms with Crippen molar-refractivity contribution in [2.45, 2.75) is 13.8 Å². The number of anilines is 2. The molecule has 2 aromatic carbocycles. The van der Waals surface area contributed by atoms with Crippen molar-refractivity contribution in [3.63, 3.8) is 0 Å². The first-order valence-corrected chi connectivity index (χ1v) is 7.87. The van der Waals surface area contributed by atoms with E-state index < -0.39 is 5.91 Å². The van der Waals surface area contributed by atoms with Gasteiger partial charge in [0.2, 0.25) is 0 Å². The van der Waals surface area contributed by atoms with E-state index in [0.717, 1.165) is 11.1 Å². The molecule has 0 fully saturated rings. The van der Waals surface area contributed by atoms with Crippen LogP contribution >= 0.6 is 0 Å². The molecule has 0 aliphatic heterocycles. The molecule has 0 radical (unpaired) electrons. The van der Waals surface area contributed by atoms with Crippen LogP contribution < -0.4 is 10.6 Å². The minimum absolute atomic E-state index is 0.185. The Balaban J connectivity index is 1.81. The number of nitrogens with one attached hydrogen (secondary N) is 2. The van der Waals surface area contributed by atoms with Crippen molar-refractivity contribution in [2.75, 3.05) is 10.6 Å². The normalized spacial score (nSPS) is 10.3. The molecule has 1 heterocycles. The van der Waals surface area contributed by atoms with Crippen molar-refractivity contribution in [3.8, 4) is 0 Å². The molecule has 5 heteroatoms. The van der Waals surface area contributed by atoms with Gasteiger partial charge in [0.25, 0.3) is 11.8 Å². The number of amides is 2. The first kappa shape index (κ1) is 16.5. The number of carbonyl (C=O) groups excluding carboxylic acids is 2. The van der Waals surface area contributed by atoms with E-state index in [0.29, 0.717) is 16.9 Å². The lowest BCUT2D eigenvalue weighted by Gasteiger charge is -2.11. The fraction of sp³-hybridized carbons (Fsp3) is 0.100. The lowest BCUT2D eigenvalue weighted by molar-refractivity contribution is 0.0996. The van der Waals surface area contributed by atoms with Gasteiger partial charge in [0.05, 0.1) is 17.5 Å². The predicted molar refractivity (Wildman–Crippen MR) is 97.0 cm³/mol. The topological polar surface area (TPSA) is 71.3 Å². The van der Waals surface area contributed by atoms with Crippen LogP contribution in [-0.4, -0.2) is 11.8 Å². The zero-order valence-corrected chi connectivity index (χ0v) is 14.0. The molecule has 3 rings (SSSR count). The molecule has 0 saturated carbocycles. The van der Waals surface area contributed by atoms with Gasteiger partial charge in [0, 0.05) is 5.69 Å². The minimum atomic E-state index is -0.406. The van der Waals surface area contributed by atoms with Crippen LogP contribution in [-0.2, 0) is 0 Å². The Morgan fingerprint density at radius 3 is 2.36 bits per heavy atom. The molecule has 2 amide bonds. The number of hydrogen-bond acceptors (Lipinski definition) is 3. The second-order valence-corrected chi connectivity index (χ2v) is 5.73. The van der Waals surface area contributed by atoms with Gasteiger partial charge in [-0.05, 0) is 61.4 Å². The number of benzene rings is 2. The first-order valence-electron chi connectivity index (χ1n) is 7.87. The van der Waals surface area contributed by atoms with Crippen LogP contribution in [0.5, 0.6) is 0 Å². The van der Waals surface area contributed by atoms with E-state index in [1.54, 1.807) is 36.4 Å². The predicted octanol–water partition coefficient (Wildman–Crippen LogP) is 4.40. The van der Waals surface area contributed by atoms with Crippen molar-refractivity contribution >= 4 is 23.2 Å². The highest BCUT2D eigenvalue weighted by Crippen LogP contribution is 2.20. The second-order valence-electron chi connectivity index (χ2n) is 5.73. The molecule has 0 unspecified atom stereocenters. The zero-order valence-electron chi connectivity index (χ0n) is 14.0. The Kier molecular flexibility index (Phi) is 4.66. The van der Waals surface area contributed by atoms with Crippen molar-refractivity contribution in [1.29, 1.82) is 0 Å². The average molecular weight is 334 g/mol. The summed E-state index contributed by atoms with van der Waals surface area (Å²) in [6.07, 6.45) is 1.42. The molecular formula is C20H18N2O3. The van der Waals surface area contributed by atoms with Crippen molar-refractivity contribution < 1.29 is 14.0 Å². The molecule has 0 saturated heterocycles. The van der Waals surface area contributed by atoms with E-state index in [2.05, 4.69) is 10.6 Å². The molecule has 5 nitrogen and oxygen atoms in total.